The zero-order valence-corrected chi connectivity index (χ0v) is 15.0. The maximum Gasteiger partial charge on any atom is 0.268 e. The number of halogens is 1. The molecule has 2 aromatic heterocycles. The van der Waals surface area contributed by atoms with Crippen LogP contribution in [-0.2, 0) is 5.75 Å². The summed E-state index contributed by atoms with van der Waals surface area (Å²) >= 11 is 1.89. The molecule has 0 aliphatic carbocycles. The van der Waals surface area contributed by atoms with Crippen molar-refractivity contribution in [2.24, 2.45) is 0 Å². The van der Waals surface area contributed by atoms with Crippen molar-refractivity contribution in [1.29, 1.82) is 0 Å². The van der Waals surface area contributed by atoms with Gasteiger partial charge >= 0.3 is 0 Å². The Kier molecular flexibility index (Phi) is 6.31. The van der Waals surface area contributed by atoms with Gasteiger partial charge in [-0.3, -0.25) is 4.98 Å². The highest BCUT2D eigenvalue weighted by Gasteiger charge is 2.15. The van der Waals surface area contributed by atoms with Gasteiger partial charge in [0.05, 0.1) is 9.90 Å². The lowest BCUT2D eigenvalue weighted by molar-refractivity contribution is -0.00000356. The van der Waals surface area contributed by atoms with Crippen LogP contribution >= 0.6 is 32.4 Å². The first-order valence-corrected chi connectivity index (χ1v) is 9.26. The quantitative estimate of drug-likeness (QED) is 0.301. The van der Waals surface area contributed by atoms with Gasteiger partial charge < -0.3 is 24.0 Å². The molecule has 0 spiro atoms. The van der Waals surface area contributed by atoms with E-state index in [0.717, 1.165) is 11.4 Å². The lowest BCUT2D eigenvalue weighted by atomic mass is 10.4. The predicted octanol–water partition coefficient (Wildman–Crippen LogP) is 0.0669. The van der Waals surface area contributed by atoms with Crippen molar-refractivity contribution in [1.82, 2.24) is 9.56 Å². The number of nitrogens with zero attached hydrogens (tertiary/aromatic N) is 2. The van der Waals surface area contributed by atoms with Gasteiger partial charge in [0.1, 0.15) is 13.1 Å². The molecule has 0 N–H and O–H groups in total. The number of hydrogen-bond donors (Lipinski definition) is 0. The fourth-order valence-electron chi connectivity index (χ4n) is 2.01. The largest absolute Gasteiger partial charge is 1.00 e. The number of pyridine rings is 1. The molecule has 0 bridgehead atoms. The zero-order chi connectivity index (χ0) is 12.2. The van der Waals surface area contributed by atoms with Crippen molar-refractivity contribution in [3.63, 3.8) is 0 Å². The van der Waals surface area contributed by atoms with Crippen LogP contribution in [0.1, 0.15) is 18.5 Å². The Labute approximate surface area is 142 Å². The first-order chi connectivity index (χ1) is 8.92. The molecule has 1 aliphatic rings. The standard InChI is InChI=1S/C13H15N2S3.HI/c1-2-6-14-11(5-1)10-16-13-9-12(17-18-13)15-7-3-4-8-15;/h1-2,5-6,9H,3-4,7-8,10H2;1H/q+1;/p-1. The third kappa shape index (κ3) is 4.27. The molecule has 1 fully saturated rings. The molecule has 2 nitrogen and oxygen atoms in total. The predicted molar refractivity (Wildman–Crippen MR) is 80.2 cm³/mol. The van der Waals surface area contributed by atoms with E-state index >= 15 is 0 Å². The van der Waals surface area contributed by atoms with Crippen molar-refractivity contribution < 1.29 is 24.0 Å². The fourth-order valence-corrected chi connectivity index (χ4v) is 5.81. The molecule has 102 valence electrons. The minimum Gasteiger partial charge on any atom is -1.00 e. The van der Waals surface area contributed by atoms with Gasteiger partial charge in [-0.05, 0) is 22.5 Å². The lowest BCUT2D eigenvalue weighted by Crippen LogP contribution is -3.00. The van der Waals surface area contributed by atoms with Crippen molar-refractivity contribution in [3.05, 3.63) is 40.8 Å². The molecule has 0 radical (unpaired) electrons. The Morgan fingerprint density at radius 2 is 2.05 bits per heavy atom. The summed E-state index contributed by atoms with van der Waals surface area (Å²) < 4.78 is 5.36. The minimum absolute atomic E-state index is 0. The highest BCUT2D eigenvalue weighted by atomic mass is 127. The second-order valence-corrected chi connectivity index (χ2v) is 7.74. The summed E-state index contributed by atoms with van der Waals surface area (Å²) in [4.78, 5) is 4.35. The molecule has 0 atom stereocenters. The van der Waals surface area contributed by atoms with E-state index in [1.54, 1.807) is 0 Å². The van der Waals surface area contributed by atoms with Crippen LogP contribution in [-0.4, -0.2) is 18.1 Å². The number of aromatic nitrogens is 1. The second-order valence-electron chi connectivity index (χ2n) is 4.27. The monoisotopic (exact) mass is 422 g/mol. The van der Waals surface area contributed by atoms with E-state index in [2.05, 4.69) is 27.8 Å². The van der Waals surface area contributed by atoms with Crippen LogP contribution in [0.5, 0.6) is 0 Å². The molecule has 1 aliphatic heterocycles. The van der Waals surface area contributed by atoms with Gasteiger partial charge in [-0.2, -0.15) is 0 Å². The molecule has 0 unspecified atom stereocenters. The van der Waals surface area contributed by atoms with Crippen molar-refractivity contribution >= 4 is 32.4 Å². The van der Waals surface area contributed by atoms with E-state index in [0.29, 0.717) is 0 Å². The Hall–Kier alpha value is 0.0800. The normalized spacial score (nSPS) is 14.4. The van der Waals surface area contributed by atoms with Gasteiger partial charge in [-0.15, -0.1) is 11.8 Å². The van der Waals surface area contributed by atoms with Crippen LogP contribution in [0, 0.1) is 0 Å². The highest BCUT2D eigenvalue weighted by Crippen LogP contribution is 2.26. The molecule has 2 aromatic rings. The number of hydrogen-bond acceptors (Lipinski definition) is 4. The molecular weight excluding hydrogens is 407 g/mol. The maximum absolute atomic E-state index is 4.35. The maximum atomic E-state index is 4.35. The van der Waals surface area contributed by atoms with Crippen molar-refractivity contribution in [2.45, 2.75) is 22.8 Å². The van der Waals surface area contributed by atoms with E-state index in [1.165, 1.54) is 34.8 Å². The molecule has 1 saturated heterocycles. The molecule has 3 rings (SSSR count). The Morgan fingerprint density at radius 3 is 2.79 bits per heavy atom. The first kappa shape index (κ1) is 15.5. The van der Waals surface area contributed by atoms with E-state index in [1.807, 2.05) is 44.7 Å². The first-order valence-electron chi connectivity index (χ1n) is 6.13. The average Bonchev–Trinajstić information content (AvgIpc) is 3.08. The molecule has 0 saturated carbocycles. The summed E-state index contributed by atoms with van der Waals surface area (Å²) in [7, 11) is 3.80. The SMILES string of the molecule is [I-].c1ccc(CSc2cc(=[N+]3CCCC3)ss2)nc1. The van der Waals surface area contributed by atoms with Crippen molar-refractivity contribution in [2.75, 3.05) is 13.1 Å². The third-order valence-corrected chi connectivity index (χ3v) is 6.93. The zero-order valence-electron chi connectivity index (χ0n) is 10.4. The van der Waals surface area contributed by atoms with Gasteiger partial charge in [-0.1, -0.05) is 16.4 Å². The van der Waals surface area contributed by atoms with Crippen molar-refractivity contribution in [3.8, 4) is 0 Å². The van der Waals surface area contributed by atoms with Crippen LogP contribution in [0.25, 0.3) is 0 Å². The van der Waals surface area contributed by atoms with Crippen LogP contribution in [0.3, 0.4) is 0 Å². The Balaban J connectivity index is 0.00000133. The summed E-state index contributed by atoms with van der Waals surface area (Å²) in [6.45, 7) is 2.47. The molecule has 19 heavy (non-hydrogen) atoms. The topological polar surface area (TPSA) is 15.9 Å². The van der Waals surface area contributed by atoms with E-state index in [9.17, 15) is 0 Å². The minimum atomic E-state index is 0. The van der Waals surface area contributed by atoms with E-state index < -0.39 is 0 Å². The third-order valence-electron chi connectivity index (χ3n) is 2.96. The Bertz CT molecular complexity index is 569. The van der Waals surface area contributed by atoms with Crippen LogP contribution in [0.4, 0.5) is 0 Å². The summed E-state index contributed by atoms with van der Waals surface area (Å²) in [5.74, 6) is 0.966. The molecular formula is C13H15IN2S3. The molecule has 0 aromatic carbocycles. The molecule has 3 heterocycles. The highest BCUT2D eigenvalue weighted by molar-refractivity contribution is 8.02. The van der Waals surface area contributed by atoms with Gasteiger partial charge in [-0.25, -0.2) is 4.58 Å². The lowest BCUT2D eigenvalue weighted by Gasteiger charge is -1.96. The number of rotatable bonds is 3. The summed E-state index contributed by atoms with van der Waals surface area (Å²) in [6, 6.07) is 8.45. The average molecular weight is 422 g/mol. The fraction of sp³-hybridized carbons (Fsp3) is 0.385. The van der Waals surface area contributed by atoms with Crippen LogP contribution in [0.15, 0.2) is 34.7 Å². The number of thioether (sulfide) groups is 1. The molecule has 6 heteroatoms. The summed E-state index contributed by atoms with van der Waals surface area (Å²) in [5, 5.41) is 0. The van der Waals surface area contributed by atoms with Gasteiger partial charge in [0.25, 0.3) is 4.67 Å². The second kappa shape index (κ2) is 7.75. The summed E-state index contributed by atoms with van der Waals surface area (Å²) in [6.07, 6.45) is 4.56. The molecule has 0 amide bonds. The van der Waals surface area contributed by atoms with Crippen LogP contribution < -0.4 is 33.2 Å². The van der Waals surface area contributed by atoms with E-state index in [4.69, 9.17) is 0 Å². The smallest absolute Gasteiger partial charge is 0.268 e. The van der Waals surface area contributed by atoms with Gasteiger partial charge in [0.15, 0.2) is 0 Å². The Morgan fingerprint density at radius 1 is 1.21 bits per heavy atom. The summed E-state index contributed by atoms with van der Waals surface area (Å²) in [5.41, 5.74) is 1.16. The van der Waals surface area contributed by atoms with Crippen LogP contribution in [0.2, 0.25) is 0 Å². The van der Waals surface area contributed by atoms with Gasteiger partial charge in [0.2, 0.25) is 0 Å². The van der Waals surface area contributed by atoms with E-state index in [-0.39, 0.29) is 24.0 Å². The van der Waals surface area contributed by atoms with Gasteiger partial charge in [0, 0.05) is 30.9 Å².